The first-order chi connectivity index (χ1) is 7.69. The van der Waals surface area contributed by atoms with Gasteiger partial charge in [-0.15, -0.1) is 11.6 Å². The molecule has 1 heterocycles. The zero-order valence-corrected chi connectivity index (χ0v) is 9.91. The van der Waals surface area contributed by atoms with Crippen LogP contribution in [-0.2, 0) is 5.88 Å². The van der Waals surface area contributed by atoms with Gasteiger partial charge in [0.25, 0.3) is 0 Å². The number of hydrogen-bond donors (Lipinski definition) is 0. The van der Waals surface area contributed by atoms with Crippen molar-refractivity contribution < 1.29 is 9.15 Å². The minimum Gasteiger partial charge on any atom is -0.417 e. The summed E-state index contributed by atoms with van der Waals surface area (Å²) in [6.07, 6.45) is 1.72. The fourth-order valence-electron chi connectivity index (χ4n) is 1.31. The molecule has 1 aromatic carbocycles. The molecule has 0 aliphatic rings. The molecule has 0 fully saturated rings. The largest absolute Gasteiger partial charge is 0.417 e. The van der Waals surface area contributed by atoms with E-state index < -0.39 is 0 Å². The minimum absolute atomic E-state index is 0.226. The molecule has 2 aromatic rings. The third-order valence-electron chi connectivity index (χ3n) is 2.21. The van der Waals surface area contributed by atoms with Crippen molar-refractivity contribution in [1.82, 2.24) is 4.98 Å². The van der Waals surface area contributed by atoms with Gasteiger partial charge < -0.3 is 9.15 Å². The van der Waals surface area contributed by atoms with Crippen LogP contribution in [0.1, 0.15) is 16.8 Å². The Morgan fingerprint density at radius 1 is 1.38 bits per heavy atom. The number of oxazole rings is 1. The average molecular weight is 238 g/mol. The molecule has 2 rings (SSSR count). The molecule has 0 atom stereocenters. The number of aryl methyl sites for hydroxylation is 2. The molecule has 0 spiro atoms. The van der Waals surface area contributed by atoms with E-state index in [1.165, 1.54) is 6.26 Å². The number of benzene rings is 1. The van der Waals surface area contributed by atoms with Crippen LogP contribution in [0.5, 0.6) is 11.8 Å². The first kappa shape index (κ1) is 11.0. The summed E-state index contributed by atoms with van der Waals surface area (Å²) in [6.45, 7) is 3.98. The zero-order valence-electron chi connectivity index (χ0n) is 9.16. The number of halogens is 1. The molecule has 0 bridgehead atoms. The smallest absolute Gasteiger partial charge is 0.399 e. The zero-order chi connectivity index (χ0) is 11.5. The minimum atomic E-state index is 0.226. The Kier molecular flexibility index (Phi) is 3.15. The van der Waals surface area contributed by atoms with Crippen LogP contribution in [-0.4, -0.2) is 4.98 Å². The summed E-state index contributed by atoms with van der Waals surface area (Å²) in [5.41, 5.74) is 2.84. The molecule has 0 unspecified atom stereocenters. The summed E-state index contributed by atoms with van der Waals surface area (Å²) in [5, 5.41) is 0. The number of hydrogen-bond acceptors (Lipinski definition) is 3. The number of alkyl halides is 1. The molecule has 16 heavy (non-hydrogen) atoms. The lowest BCUT2D eigenvalue weighted by atomic mass is 10.1. The molecule has 0 aliphatic heterocycles. The predicted octanol–water partition coefficient (Wildman–Crippen LogP) is 3.82. The third-order valence-corrected chi connectivity index (χ3v) is 2.48. The van der Waals surface area contributed by atoms with Gasteiger partial charge in [-0.2, -0.15) is 4.98 Å². The number of aromatic nitrogens is 1. The molecular formula is C12H12ClNO2. The Morgan fingerprint density at radius 3 is 2.88 bits per heavy atom. The molecule has 0 radical (unpaired) electrons. The van der Waals surface area contributed by atoms with E-state index in [1.807, 2.05) is 32.0 Å². The van der Waals surface area contributed by atoms with E-state index in [9.17, 15) is 0 Å². The van der Waals surface area contributed by atoms with Gasteiger partial charge in [0.1, 0.15) is 12.0 Å². The number of ether oxygens (including phenoxy) is 1. The number of rotatable bonds is 3. The average Bonchev–Trinajstić information content (AvgIpc) is 2.71. The van der Waals surface area contributed by atoms with Crippen LogP contribution in [0.15, 0.2) is 28.9 Å². The second-order valence-corrected chi connectivity index (χ2v) is 3.88. The van der Waals surface area contributed by atoms with Gasteiger partial charge in [0, 0.05) is 0 Å². The molecule has 0 amide bonds. The van der Waals surface area contributed by atoms with Gasteiger partial charge in [-0.25, -0.2) is 0 Å². The summed E-state index contributed by atoms with van der Waals surface area (Å²) < 4.78 is 10.7. The molecule has 84 valence electrons. The van der Waals surface area contributed by atoms with E-state index in [4.69, 9.17) is 20.8 Å². The molecule has 0 N–H and O–H groups in total. The first-order valence-electron chi connectivity index (χ1n) is 4.94. The number of nitrogens with zero attached hydrogens (tertiary/aromatic N) is 1. The Bertz CT molecular complexity index is 494. The van der Waals surface area contributed by atoms with Crippen LogP contribution >= 0.6 is 11.6 Å². The quantitative estimate of drug-likeness (QED) is 0.762. The first-order valence-corrected chi connectivity index (χ1v) is 5.48. The van der Waals surface area contributed by atoms with E-state index >= 15 is 0 Å². The molecule has 3 nitrogen and oxygen atoms in total. The second-order valence-electron chi connectivity index (χ2n) is 3.61. The van der Waals surface area contributed by atoms with E-state index in [1.54, 1.807) is 0 Å². The van der Waals surface area contributed by atoms with Gasteiger partial charge in [-0.05, 0) is 31.0 Å². The van der Waals surface area contributed by atoms with Crippen LogP contribution < -0.4 is 4.74 Å². The maximum atomic E-state index is 5.62. The molecule has 1 aromatic heterocycles. The van der Waals surface area contributed by atoms with Crippen LogP contribution in [0.2, 0.25) is 0 Å². The predicted molar refractivity (Wildman–Crippen MR) is 62.1 cm³/mol. The summed E-state index contributed by atoms with van der Waals surface area (Å²) in [6, 6.07) is 5.97. The lowest BCUT2D eigenvalue weighted by Crippen LogP contribution is -1.89. The van der Waals surface area contributed by atoms with Gasteiger partial charge in [-0.3, -0.25) is 0 Å². The van der Waals surface area contributed by atoms with Gasteiger partial charge in [0.2, 0.25) is 0 Å². The summed E-state index contributed by atoms with van der Waals surface area (Å²) >= 11 is 5.62. The third kappa shape index (κ3) is 2.36. The Balaban J connectivity index is 2.22. The van der Waals surface area contributed by atoms with Gasteiger partial charge >= 0.3 is 6.08 Å². The van der Waals surface area contributed by atoms with Gasteiger partial charge in [0.15, 0.2) is 0 Å². The SMILES string of the molecule is Cc1ccc(C)c(Oc2nc(CCl)co2)c1. The van der Waals surface area contributed by atoms with E-state index in [2.05, 4.69) is 4.98 Å². The van der Waals surface area contributed by atoms with Gasteiger partial charge in [-0.1, -0.05) is 12.1 Å². The van der Waals surface area contributed by atoms with Crippen molar-refractivity contribution in [3.8, 4) is 11.8 Å². The molecule has 0 saturated carbocycles. The van der Waals surface area contributed by atoms with E-state index in [0.717, 1.165) is 16.9 Å². The maximum Gasteiger partial charge on any atom is 0.399 e. The Hall–Kier alpha value is -1.48. The van der Waals surface area contributed by atoms with Gasteiger partial charge in [0.05, 0.1) is 11.6 Å². The topological polar surface area (TPSA) is 35.3 Å². The lowest BCUT2D eigenvalue weighted by Gasteiger charge is -2.05. The highest BCUT2D eigenvalue weighted by molar-refractivity contribution is 6.16. The molecule has 0 saturated heterocycles. The standard InChI is InChI=1S/C12H12ClNO2/c1-8-3-4-9(2)11(5-8)16-12-14-10(6-13)7-15-12/h3-5,7H,6H2,1-2H3. The fourth-order valence-corrected chi connectivity index (χ4v) is 1.43. The summed E-state index contributed by atoms with van der Waals surface area (Å²) in [7, 11) is 0. The molecule has 0 aliphatic carbocycles. The monoisotopic (exact) mass is 237 g/mol. The van der Waals surface area contributed by atoms with Crippen molar-refractivity contribution >= 4 is 11.6 Å². The summed E-state index contributed by atoms with van der Waals surface area (Å²) in [4.78, 5) is 4.07. The van der Waals surface area contributed by atoms with Crippen molar-refractivity contribution in [1.29, 1.82) is 0 Å². The lowest BCUT2D eigenvalue weighted by molar-refractivity contribution is 0.329. The van der Waals surface area contributed by atoms with Crippen molar-refractivity contribution in [2.24, 2.45) is 0 Å². The highest BCUT2D eigenvalue weighted by Gasteiger charge is 2.07. The fraction of sp³-hybridized carbons (Fsp3) is 0.250. The Morgan fingerprint density at radius 2 is 2.19 bits per heavy atom. The van der Waals surface area contributed by atoms with E-state index in [0.29, 0.717) is 11.6 Å². The maximum absolute atomic E-state index is 5.62. The van der Waals surface area contributed by atoms with Crippen molar-refractivity contribution in [2.75, 3.05) is 0 Å². The van der Waals surface area contributed by atoms with Crippen LogP contribution in [0.4, 0.5) is 0 Å². The highest BCUT2D eigenvalue weighted by atomic mass is 35.5. The van der Waals surface area contributed by atoms with Crippen molar-refractivity contribution in [3.05, 3.63) is 41.3 Å². The highest BCUT2D eigenvalue weighted by Crippen LogP contribution is 2.25. The van der Waals surface area contributed by atoms with Crippen LogP contribution in [0, 0.1) is 13.8 Å². The van der Waals surface area contributed by atoms with E-state index in [-0.39, 0.29) is 6.08 Å². The van der Waals surface area contributed by atoms with Crippen LogP contribution in [0.25, 0.3) is 0 Å². The van der Waals surface area contributed by atoms with Crippen molar-refractivity contribution in [2.45, 2.75) is 19.7 Å². The second kappa shape index (κ2) is 4.58. The van der Waals surface area contributed by atoms with Crippen molar-refractivity contribution in [3.63, 3.8) is 0 Å². The summed E-state index contributed by atoms with van der Waals surface area (Å²) in [5.74, 6) is 1.07. The molecule has 4 heteroatoms. The Labute approximate surface area is 99.0 Å². The normalized spacial score (nSPS) is 10.4. The molecular weight excluding hydrogens is 226 g/mol. The van der Waals surface area contributed by atoms with Crippen LogP contribution in [0.3, 0.4) is 0 Å².